The standard InChI is InChI=1S/C30H33BrClN3O5/c1-6-8-13-23-34-27(32)26(28(36)39-7-2)35(23)16-20-18-14-15-38-17-21(18)25(31)24(20)19-11-9-10-12-22(19)33-29(37)40-30(3,4)5/h9-12,14-15,17H,6-8,13,16H2,1-5H3,(H,33,37). The Balaban J connectivity index is 1.90. The van der Waals surface area contributed by atoms with Crippen molar-refractivity contribution in [2.75, 3.05) is 11.9 Å². The number of carbonyl (C=O) groups is 2. The highest BCUT2D eigenvalue weighted by atomic mass is 79.9. The normalized spacial score (nSPS) is 11.6. The van der Waals surface area contributed by atoms with E-state index in [2.05, 4.69) is 33.2 Å². The summed E-state index contributed by atoms with van der Waals surface area (Å²) < 4.78 is 19.0. The smallest absolute Gasteiger partial charge is 0.412 e. The zero-order chi connectivity index (χ0) is 29.0. The van der Waals surface area contributed by atoms with E-state index in [1.807, 2.05) is 55.7 Å². The summed E-state index contributed by atoms with van der Waals surface area (Å²) in [6.45, 7) is 9.79. The molecule has 1 aromatic heterocycles. The van der Waals surface area contributed by atoms with Crippen LogP contribution in [0.3, 0.4) is 0 Å². The molecular weight excluding hydrogens is 598 g/mol. The van der Waals surface area contributed by atoms with E-state index < -0.39 is 17.7 Å². The van der Waals surface area contributed by atoms with E-state index in [1.54, 1.807) is 19.5 Å². The maximum atomic E-state index is 13.0. The number of imidazole rings is 1. The van der Waals surface area contributed by atoms with Crippen molar-refractivity contribution in [2.45, 2.75) is 66.0 Å². The number of halogens is 2. The summed E-state index contributed by atoms with van der Waals surface area (Å²) in [7, 11) is 0. The molecule has 1 N–H and O–H groups in total. The quantitative estimate of drug-likeness (QED) is 0.186. The van der Waals surface area contributed by atoms with Crippen LogP contribution in [-0.4, -0.2) is 33.8 Å². The summed E-state index contributed by atoms with van der Waals surface area (Å²) in [5.74, 6) is 0.174. The molecule has 4 rings (SSSR count). The van der Waals surface area contributed by atoms with Crippen LogP contribution in [0, 0.1) is 0 Å². The number of esters is 1. The predicted octanol–water partition coefficient (Wildman–Crippen LogP) is 8.58. The number of unbranched alkanes of at least 4 members (excludes halogenated alkanes) is 1. The molecule has 8 nitrogen and oxygen atoms in total. The Bertz CT molecular complexity index is 1490. The molecule has 1 aliphatic heterocycles. The lowest BCUT2D eigenvalue weighted by Crippen LogP contribution is -2.27. The Morgan fingerprint density at radius 2 is 1.88 bits per heavy atom. The van der Waals surface area contributed by atoms with Gasteiger partial charge in [-0.1, -0.05) is 43.1 Å². The van der Waals surface area contributed by atoms with Crippen LogP contribution in [0.25, 0.3) is 22.3 Å². The number of benzene rings is 1. The fraction of sp³-hybridized carbons (Fsp3) is 0.367. The molecule has 0 fully saturated rings. The lowest BCUT2D eigenvalue weighted by molar-refractivity contribution is 0.0513. The van der Waals surface area contributed by atoms with Gasteiger partial charge in [0.2, 0.25) is 0 Å². The summed E-state index contributed by atoms with van der Waals surface area (Å²) in [6.07, 6.45) is 5.21. The van der Waals surface area contributed by atoms with Crippen LogP contribution in [0.1, 0.15) is 69.3 Å². The van der Waals surface area contributed by atoms with E-state index in [9.17, 15) is 9.59 Å². The number of hydrogen-bond acceptors (Lipinski definition) is 6. The van der Waals surface area contributed by atoms with Gasteiger partial charge in [0.15, 0.2) is 10.8 Å². The first-order valence-electron chi connectivity index (χ1n) is 13.2. The fourth-order valence-electron chi connectivity index (χ4n) is 4.59. The third-order valence-corrected chi connectivity index (χ3v) is 7.33. The Morgan fingerprint density at radius 1 is 1.12 bits per heavy atom. The van der Waals surface area contributed by atoms with Gasteiger partial charge in [0.25, 0.3) is 0 Å². The van der Waals surface area contributed by atoms with E-state index in [0.717, 1.165) is 45.1 Å². The third-order valence-electron chi connectivity index (χ3n) is 6.25. The lowest BCUT2D eigenvalue weighted by atomic mass is 10.0. The number of hydrogen-bond donors (Lipinski definition) is 1. The van der Waals surface area contributed by atoms with Gasteiger partial charge in [-0.25, -0.2) is 14.6 Å². The molecule has 10 heteroatoms. The number of nitrogens with one attached hydrogen (secondary N) is 1. The van der Waals surface area contributed by atoms with Gasteiger partial charge in [-0.2, -0.15) is 0 Å². The zero-order valence-electron chi connectivity index (χ0n) is 23.3. The van der Waals surface area contributed by atoms with Gasteiger partial charge >= 0.3 is 12.1 Å². The summed E-state index contributed by atoms with van der Waals surface area (Å²) in [4.78, 5) is 30.3. The first-order chi connectivity index (χ1) is 19.1. The first kappa shape index (κ1) is 29.7. The van der Waals surface area contributed by atoms with Gasteiger partial charge in [-0.15, -0.1) is 0 Å². The average molecular weight is 631 g/mol. The average Bonchev–Trinajstić information content (AvgIpc) is 3.35. The molecule has 2 heterocycles. The van der Waals surface area contributed by atoms with Crippen molar-refractivity contribution >= 4 is 45.3 Å². The van der Waals surface area contributed by atoms with Gasteiger partial charge in [-0.05, 0) is 73.3 Å². The molecule has 0 unspecified atom stereocenters. The summed E-state index contributed by atoms with van der Waals surface area (Å²) in [6, 6.07) is 9.38. The van der Waals surface area contributed by atoms with Crippen LogP contribution in [-0.2, 0) is 22.4 Å². The summed E-state index contributed by atoms with van der Waals surface area (Å²) in [5.41, 5.74) is 4.40. The maximum absolute atomic E-state index is 13.0. The third kappa shape index (κ3) is 6.36. The van der Waals surface area contributed by atoms with E-state index in [4.69, 9.17) is 25.5 Å². The highest BCUT2D eigenvalue weighted by Crippen LogP contribution is 2.48. The molecule has 0 atom stereocenters. The monoisotopic (exact) mass is 629 g/mol. The molecule has 0 saturated heterocycles. The van der Waals surface area contributed by atoms with Crippen LogP contribution in [0.2, 0.25) is 5.15 Å². The van der Waals surface area contributed by atoms with Crippen molar-refractivity contribution in [1.82, 2.24) is 9.55 Å². The summed E-state index contributed by atoms with van der Waals surface area (Å²) >= 11 is 10.3. The molecule has 1 amide bonds. The topological polar surface area (TPSA) is 95.6 Å². The fourth-order valence-corrected chi connectivity index (χ4v) is 5.62. The van der Waals surface area contributed by atoms with Crippen molar-refractivity contribution in [3.05, 3.63) is 69.6 Å². The van der Waals surface area contributed by atoms with Crippen LogP contribution in [0.15, 0.2) is 51.7 Å². The minimum absolute atomic E-state index is 0.114. The molecule has 0 bridgehead atoms. The molecule has 2 aliphatic rings. The second kappa shape index (κ2) is 12.5. The van der Waals surface area contributed by atoms with Crippen molar-refractivity contribution < 1.29 is 23.5 Å². The molecule has 2 aromatic rings. The molecular formula is C30H33BrClN3O5. The number of ether oxygens (including phenoxy) is 2. The Hall–Kier alpha value is -3.30. The van der Waals surface area contributed by atoms with Crippen LogP contribution < -0.4 is 5.32 Å². The number of fused-ring (bicyclic) bond motifs is 1. The van der Waals surface area contributed by atoms with Gasteiger partial charge < -0.3 is 18.5 Å². The van der Waals surface area contributed by atoms with Crippen molar-refractivity contribution in [2.24, 2.45) is 0 Å². The largest absolute Gasteiger partial charge is 0.472 e. The maximum Gasteiger partial charge on any atom is 0.412 e. The highest BCUT2D eigenvalue weighted by molar-refractivity contribution is 9.10. The van der Waals surface area contributed by atoms with Crippen LogP contribution in [0.5, 0.6) is 0 Å². The minimum atomic E-state index is -0.652. The van der Waals surface area contributed by atoms with Crippen molar-refractivity contribution in [3.63, 3.8) is 0 Å². The van der Waals surface area contributed by atoms with Crippen LogP contribution in [0.4, 0.5) is 10.5 Å². The van der Waals surface area contributed by atoms with Gasteiger partial charge in [0.1, 0.15) is 11.4 Å². The molecule has 0 saturated carbocycles. The molecule has 0 spiro atoms. The Kier molecular flexibility index (Phi) is 9.26. The molecule has 212 valence electrons. The van der Waals surface area contributed by atoms with E-state index >= 15 is 0 Å². The van der Waals surface area contributed by atoms with E-state index in [0.29, 0.717) is 17.9 Å². The SMILES string of the molecule is CCCCc1nc(Cl)c(C(=O)OCC)n1Cc1c2ccocc-2c(Br)c1-c1ccccc1NC(=O)OC(C)(C)C. The molecule has 0 radical (unpaired) electrons. The number of carbonyl (C=O) groups excluding carboxylic acids is 2. The second-order valence-corrected chi connectivity index (χ2v) is 11.5. The van der Waals surface area contributed by atoms with E-state index in [-0.39, 0.29) is 24.0 Å². The first-order valence-corrected chi connectivity index (χ1v) is 14.4. The Labute approximate surface area is 247 Å². The lowest BCUT2D eigenvalue weighted by Gasteiger charge is -2.21. The number of aromatic nitrogens is 2. The number of rotatable bonds is 9. The zero-order valence-corrected chi connectivity index (χ0v) is 25.6. The van der Waals surface area contributed by atoms with Crippen molar-refractivity contribution in [1.29, 1.82) is 0 Å². The number of para-hydroxylation sites is 1. The second-order valence-electron chi connectivity index (χ2n) is 10.3. The van der Waals surface area contributed by atoms with Gasteiger partial charge in [-0.3, -0.25) is 5.32 Å². The summed E-state index contributed by atoms with van der Waals surface area (Å²) in [5, 5.41) is 3.01. The van der Waals surface area contributed by atoms with Crippen molar-refractivity contribution in [3.8, 4) is 22.3 Å². The minimum Gasteiger partial charge on any atom is -0.472 e. The predicted molar refractivity (Wildman–Crippen MR) is 159 cm³/mol. The molecule has 1 aromatic carbocycles. The van der Waals surface area contributed by atoms with Gasteiger partial charge in [0.05, 0.1) is 31.4 Å². The highest BCUT2D eigenvalue weighted by Gasteiger charge is 2.29. The number of anilines is 1. The van der Waals surface area contributed by atoms with Gasteiger partial charge in [0, 0.05) is 27.6 Å². The molecule has 40 heavy (non-hydrogen) atoms. The number of amides is 1. The van der Waals surface area contributed by atoms with Crippen LogP contribution >= 0.6 is 27.5 Å². The molecule has 1 aliphatic carbocycles. The number of aryl methyl sites for hydroxylation is 1. The number of nitrogens with zero attached hydrogens (tertiary/aromatic N) is 2. The Morgan fingerprint density at radius 3 is 2.58 bits per heavy atom. The van der Waals surface area contributed by atoms with E-state index in [1.165, 1.54) is 0 Å².